The number of hydrogen-bond donors (Lipinski definition) is 1. The molecule has 18 heavy (non-hydrogen) atoms. The van der Waals surface area contributed by atoms with Crippen LogP contribution in [0.3, 0.4) is 0 Å². The van der Waals surface area contributed by atoms with Gasteiger partial charge in [-0.2, -0.15) is 0 Å². The monoisotopic (exact) mass is 250 g/mol. The van der Waals surface area contributed by atoms with Crippen LogP contribution in [0.4, 0.5) is 0 Å². The van der Waals surface area contributed by atoms with Crippen LogP contribution in [0.15, 0.2) is 29.2 Å². The lowest BCUT2D eigenvalue weighted by Gasteiger charge is -2.15. The molecule has 1 rings (SSSR count). The van der Waals surface area contributed by atoms with E-state index in [1.165, 1.54) is 0 Å². The Morgan fingerprint density at radius 3 is 2.78 bits per heavy atom. The Labute approximate surface area is 109 Å². The molecule has 0 aliphatic rings. The van der Waals surface area contributed by atoms with E-state index in [9.17, 15) is 4.79 Å². The van der Waals surface area contributed by atoms with Crippen molar-refractivity contribution in [2.24, 2.45) is 0 Å². The fourth-order valence-corrected chi connectivity index (χ4v) is 1.63. The number of nitrogens with one attached hydrogen (secondary N) is 1. The number of nitrogens with zero attached hydrogens (tertiary/aromatic N) is 1. The molecule has 0 fully saturated rings. The van der Waals surface area contributed by atoms with Crippen LogP contribution in [-0.2, 0) is 6.54 Å². The van der Waals surface area contributed by atoms with E-state index in [-0.39, 0.29) is 5.91 Å². The van der Waals surface area contributed by atoms with Gasteiger partial charge in [-0.3, -0.25) is 9.69 Å². The lowest BCUT2D eigenvalue weighted by Crippen LogP contribution is -2.24. The van der Waals surface area contributed by atoms with Crippen molar-refractivity contribution in [3.8, 4) is 0 Å². The van der Waals surface area contributed by atoms with Gasteiger partial charge in [0.2, 0.25) is 0 Å². The molecule has 0 radical (unpaired) electrons. The Balaban J connectivity index is 2.51. The summed E-state index contributed by atoms with van der Waals surface area (Å²) in [5.74, 6) is 1.04. The van der Waals surface area contributed by atoms with Gasteiger partial charge in [0.05, 0.1) is 6.54 Å². The Bertz CT molecular complexity index is 381. The highest BCUT2D eigenvalue weighted by atomic mass is 16.4. The number of hydrogen-bond acceptors (Lipinski definition) is 3. The van der Waals surface area contributed by atoms with Crippen LogP contribution in [0.25, 0.3) is 0 Å². The minimum absolute atomic E-state index is 0.164. The van der Waals surface area contributed by atoms with E-state index in [1.807, 2.05) is 6.07 Å². The summed E-state index contributed by atoms with van der Waals surface area (Å²) in [5.41, 5.74) is 0. The predicted molar refractivity (Wildman–Crippen MR) is 72.5 cm³/mol. The van der Waals surface area contributed by atoms with Crippen molar-refractivity contribution in [1.29, 1.82) is 0 Å². The third-order valence-corrected chi connectivity index (χ3v) is 2.79. The summed E-state index contributed by atoms with van der Waals surface area (Å²) in [6.07, 6.45) is 2.53. The first-order valence-electron chi connectivity index (χ1n) is 6.41. The molecule has 0 aliphatic carbocycles. The van der Waals surface area contributed by atoms with Crippen molar-refractivity contribution in [2.75, 3.05) is 19.6 Å². The highest BCUT2D eigenvalue weighted by Gasteiger charge is 2.11. The van der Waals surface area contributed by atoms with E-state index in [0.29, 0.717) is 12.3 Å². The van der Waals surface area contributed by atoms with Crippen LogP contribution >= 0.6 is 0 Å². The van der Waals surface area contributed by atoms with Gasteiger partial charge in [0.1, 0.15) is 5.76 Å². The standard InChI is InChI=1S/C14H22N2O2/c1-4-7-10-15-14(17)13-9-8-12(18-13)11-16(5-2)6-3/h4,8-9H,1,5-7,10-11H2,2-3H3,(H,15,17). The van der Waals surface area contributed by atoms with Crippen LogP contribution in [0.1, 0.15) is 36.6 Å². The van der Waals surface area contributed by atoms with Crippen molar-refractivity contribution in [1.82, 2.24) is 10.2 Å². The number of carbonyl (C=O) groups excluding carboxylic acids is 1. The molecule has 4 heteroatoms. The summed E-state index contributed by atoms with van der Waals surface area (Å²) in [7, 11) is 0. The van der Waals surface area contributed by atoms with Gasteiger partial charge in [-0.15, -0.1) is 6.58 Å². The molecule has 0 spiro atoms. The largest absolute Gasteiger partial charge is 0.455 e. The Hall–Kier alpha value is -1.55. The summed E-state index contributed by atoms with van der Waals surface area (Å²) in [6.45, 7) is 11.1. The summed E-state index contributed by atoms with van der Waals surface area (Å²) >= 11 is 0. The quantitative estimate of drug-likeness (QED) is 0.569. The molecule has 0 aromatic carbocycles. The Morgan fingerprint density at radius 1 is 1.44 bits per heavy atom. The van der Waals surface area contributed by atoms with Gasteiger partial charge in [0, 0.05) is 6.54 Å². The van der Waals surface area contributed by atoms with Gasteiger partial charge in [0.25, 0.3) is 5.91 Å². The zero-order chi connectivity index (χ0) is 13.4. The minimum atomic E-state index is -0.164. The van der Waals surface area contributed by atoms with Crippen LogP contribution in [0.5, 0.6) is 0 Å². The summed E-state index contributed by atoms with van der Waals surface area (Å²) < 4.78 is 5.53. The summed E-state index contributed by atoms with van der Waals surface area (Å²) in [4.78, 5) is 13.9. The van der Waals surface area contributed by atoms with Crippen molar-refractivity contribution < 1.29 is 9.21 Å². The second-order valence-corrected chi connectivity index (χ2v) is 4.06. The molecule has 1 heterocycles. The Morgan fingerprint density at radius 2 is 2.17 bits per heavy atom. The van der Waals surface area contributed by atoms with Crippen molar-refractivity contribution >= 4 is 5.91 Å². The van der Waals surface area contributed by atoms with Gasteiger partial charge >= 0.3 is 0 Å². The van der Waals surface area contributed by atoms with Gasteiger partial charge in [0.15, 0.2) is 5.76 Å². The normalized spacial score (nSPS) is 10.6. The summed E-state index contributed by atoms with van der Waals surface area (Å²) in [5, 5.41) is 2.78. The van der Waals surface area contributed by atoms with Crippen LogP contribution in [0.2, 0.25) is 0 Å². The fourth-order valence-electron chi connectivity index (χ4n) is 1.63. The molecule has 100 valence electrons. The molecular weight excluding hydrogens is 228 g/mol. The molecule has 4 nitrogen and oxygen atoms in total. The predicted octanol–water partition coefficient (Wildman–Crippen LogP) is 2.43. The van der Waals surface area contributed by atoms with Gasteiger partial charge in [-0.05, 0) is 31.6 Å². The second-order valence-electron chi connectivity index (χ2n) is 4.06. The third-order valence-electron chi connectivity index (χ3n) is 2.79. The molecule has 0 atom stereocenters. The molecule has 1 aromatic heterocycles. The zero-order valence-electron chi connectivity index (χ0n) is 11.2. The molecule has 1 amide bonds. The molecule has 0 saturated carbocycles. The average molecular weight is 250 g/mol. The first-order chi connectivity index (χ1) is 8.71. The molecule has 0 aliphatic heterocycles. The van der Waals surface area contributed by atoms with E-state index < -0.39 is 0 Å². The van der Waals surface area contributed by atoms with Crippen molar-refractivity contribution in [3.63, 3.8) is 0 Å². The minimum Gasteiger partial charge on any atom is -0.455 e. The van der Waals surface area contributed by atoms with E-state index >= 15 is 0 Å². The zero-order valence-corrected chi connectivity index (χ0v) is 11.2. The molecule has 0 saturated heterocycles. The molecule has 0 unspecified atom stereocenters. The first-order valence-corrected chi connectivity index (χ1v) is 6.41. The lowest BCUT2D eigenvalue weighted by molar-refractivity contribution is 0.0923. The maximum atomic E-state index is 11.7. The van der Waals surface area contributed by atoms with Crippen LogP contribution < -0.4 is 5.32 Å². The maximum absolute atomic E-state index is 11.7. The lowest BCUT2D eigenvalue weighted by atomic mass is 10.3. The van der Waals surface area contributed by atoms with Gasteiger partial charge in [-0.1, -0.05) is 19.9 Å². The smallest absolute Gasteiger partial charge is 0.287 e. The number of furan rings is 1. The molecule has 1 N–H and O–H groups in total. The molecular formula is C14H22N2O2. The highest BCUT2D eigenvalue weighted by molar-refractivity contribution is 5.91. The highest BCUT2D eigenvalue weighted by Crippen LogP contribution is 2.10. The Kier molecular flexibility index (Phi) is 6.22. The number of carbonyl (C=O) groups is 1. The third kappa shape index (κ3) is 4.37. The first kappa shape index (κ1) is 14.5. The fraction of sp³-hybridized carbons (Fsp3) is 0.500. The van der Waals surface area contributed by atoms with Gasteiger partial charge in [-0.25, -0.2) is 0 Å². The van der Waals surface area contributed by atoms with E-state index in [4.69, 9.17) is 4.42 Å². The number of amides is 1. The van der Waals surface area contributed by atoms with E-state index in [2.05, 4.69) is 30.6 Å². The van der Waals surface area contributed by atoms with Crippen molar-refractivity contribution in [3.05, 3.63) is 36.3 Å². The average Bonchev–Trinajstić information content (AvgIpc) is 2.84. The number of rotatable bonds is 8. The topological polar surface area (TPSA) is 45.5 Å². The van der Waals surface area contributed by atoms with E-state index in [1.54, 1.807) is 12.1 Å². The summed E-state index contributed by atoms with van der Waals surface area (Å²) in [6, 6.07) is 3.59. The maximum Gasteiger partial charge on any atom is 0.287 e. The van der Waals surface area contributed by atoms with E-state index in [0.717, 1.165) is 31.8 Å². The van der Waals surface area contributed by atoms with Crippen LogP contribution in [-0.4, -0.2) is 30.4 Å². The second kappa shape index (κ2) is 7.71. The molecule has 0 bridgehead atoms. The van der Waals surface area contributed by atoms with Crippen molar-refractivity contribution in [2.45, 2.75) is 26.8 Å². The SMILES string of the molecule is C=CCCNC(=O)c1ccc(CN(CC)CC)o1. The van der Waals surface area contributed by atoms with Gasteiger partial charge < -0.3 is 9.73 Å². The van der Waals surface area contributed by atoms with Crippen LogP contribution in [0, 0.1) is 0 Å². The molecule has 1 aromatic rings.